The molecule has 2 aromatic carbocycles. The molecule has 0 saturated carbocycles. The van der Waals surface area contributed by atoms with Gasteiger partial charge in [0.25, 0.3) is 0 Å². The first-order valence-electron chi connectivity index (χ1n) is 10.1. The summed E-state index contributed by atoms with van der Waals surface area (Å²) in [5.74, 6) is 1.82. The zero-order valence-electron chi connectivity index (χ0n) is 17.5. The van der Waals surface area contributed by atoms with E-state index in [0.29, 0.717) is 42.0 Å². The number of hydrogen-bond acceptors (Lipinski definition) is 8. The maximum absolute atomic E-state index is 12.9. The van der Waals surface area contributed by atoms with Crippen LogP contribution in [0.5, 0.6) is 5.75 Å². The number of para-hydroxylation sites is 2. The van der Waals surface area contributed by atoms with Crippen LogP contribution in [0.25, 0.3) is 17.1 Å². The Morgan fingerprint density at radius 2 is 1.97 bits per heavy atom. The third-order valence-corrected chi connectivity index (χ3v) is 5.52. The van der Waals surface area contributed by atoms with E-state index in [-0.39, 0.29) is 11.4 Å². The van der Waals surface area contributed by atoms with Crippen molar-refractivity contribution in [3.05, 3.63) is 60.0 Å². The smallest absolute Gasteiger partial charge is 0.416 e. The van der Waals surface area contributed by atoms with Crippen LogP contribution in [0, 0.1) is 0 Å². The number of benzene rings is 2. The number of thioether (sulfide) groups is 1. The summed E-state index contributed by atoms with van der Waals surface area (Å²) in [6.45, 7) is 2.43. The standard InChI is InChI=1S/C21H19F3N6O2S/c1-2-31-17-10-4-3-9-16(17)30-20(26-28-29-30)33-12-6-11-18-25-19(27-32-18)14-7-5-8-15(13-14)21(22,23)24/h3-5,7-10,13H,2,6,11-12H2,1H3. The number of rotatable bonds is 9. The Bertz CT molecular complexity index is 1210. The SMILES string of the molecule is CCOc1ccccc1-n1nnnc1SCCCc1nc(-c2cccc(C(F)(F)F)c2)no1. The second kappa shape index (κ2) is 10.0. The van der Waals surface area contributed by atoms with E-state index in [1.165, 1.54) is 23.9 Å². The summed E-state index contributed by atoms with van der Waals surface area (Å²) in [4.78, 5) is 4.22. The van der Waals surface area contributed by atoms with Crippen LogP contribution in [0.4, 0.5) is 13.2 Å². The van der Waals surface area contributed by atoms with Gasteiger partial charge < -0.3 is 9.26 Å². The molecule has 4 rings (SSSR count). The van der Waals surface area contributed by atoms with Crippen LogP contribution in [0.3, 0.4) is 0 Å². The zero-order chi connectivity index (χ0) is 23.3. The van der Waals surface area contributed by atoms with Gasteiger partial charge in [0.1, 0.15) is 11.4 Å². The number of tetrazole rings is 1. The Kier molecular flexibility index (Phi) is 6.92. The van der Waals surface area contributed by atoms with Crippen molar-refractivity contribution in [1.82, 2.24) is 30.3 Å². The van der Waals surface area contributed by atoms with Crippen molar-refractivity contribution in [1.29, 1.82) is 0 Å². The van der Waals surface area contributed by atoms with Gasteiger partial charge in [0.15, 0.2) is 0 Å². The minimum absolute atomic E-state index is 0.125. The summed E-state index contributed by atoms with van der Waals surface area (Å²) in [5.41, 5.74) is 0.238. The maximum Gasteiger partial charge on any atom is 0.416 e. The minimum Gasteiger partial charge on any atom is -0.492 e. The number of aromatic nitrogens is 6. The van der Waals surface area contributed by atoms with Gasteiger partial charge in [-0.15, -0.1) is 5.10 Å². The van der Waals surface area contributed by atoms with Crippen molar-refractivity contribution in [2.75, 3.05) is 12.4 Å². The summed E-state index contributed by atoms with van der Waals surface area (Å²) < 4.78 is 51.2. The fourth-order valence-electron chi connectivity index (χ4n) is 3.02. The van der Waals surface area contributed by atoms with Crippen LogP contribution >= 0.6 is 11.8 Å². The van der Waals surface area contributed by atoms with Gasteiger partial charge in [-0.25, -0.2) is 0 Å². The largest absolute Gasteiger partial charge is 0.492 e. The predicted octanol–water partition coefficient (Wildman–Crippen LogP) is 4.85. The fourth-order valence-corrected chi connectivity index (χ4v) is 3.85. The van der Waals surface area contributed by atoms with Crippen molar-refractivity contribution in [3.63, 3.8) is 0 Å². The lowest BCUT2D eigenvalue weighted by Gasteiger charge is -2.10. The lowest BCUT2D eigenvalue weighted by molar-refractivity contribution is -0.137. The molecule has 0 radical (unpaired) electrons. The van der Waals surface area contributed by atoms with Crippen molar-refractivity contribution < 1.29 is 22.4 Å². The molecule has 33 heavy (non-hydrogen) atoms. The molecule has 0 fully saturated rings. The molecule has 0 unspecified atom stereocenters. The normalized spacial score (nSPS) is 11.6. The van der Waals surface area contributed by atoms with Crippen LogP contribution in [0.1, 0.15) is 24.8 Å². The van der Waals surface area contributed by atoms with Crippen molar-refractivity contribution >= 4 is 11.8 Å². The highest BCUT2D eigenvalue weighted by molar-refractivity contribution is 7.99. The first kappa shape index (κ1) is 22.8. The summed E-state index contributed by atoms with van der Waals surface area (Å²) in [7, 11) is 0. The second-order valence-corrected chi connectivity index (χ2v) is 7.88. The molecule has 0 aliphatic heterocycles. The van der Waals surface area contributed by atoms with Crippen LogP contribution in [0.15, 0.2) is 58.2 Å². The fraction of sp³-hybridized carbons (Fsp3) is 0.286. The van der Waals surface area contributed by atoms with E-state index >= 15 is 0 Å². The molecular formula is C21H19F3N6O2S. The third kappa shape index (κ3) is 5.51. The molecule has 8 nitrogen and oxygen atoms in total. The van der Waals surface area contributed by atoms with Gasteiger partial charge in [-0.1, -0.05) is 41.2 Å². The number of ether oxygens (including phenoxy) is 1. The minimum atomic E-state index is -4.43. The monoisotopic (exact) mass is 476 g/mol. The molecular weight excluding hydrogens is 457 g/mol. The first-order valence-corrected chi connectivity index (χ1v) is 11.1. The maximum atomic E-state index is 12.9. The van der Waals surface area contributed by atoms with E-state index in [4.69, 9.17) is 9.26 Å². The summed E-state index contributed by atoms with van der Waals surface area (Å²) in [6.07, 6.45) is -3.29. The molecule has 2 heterocycles. The van der Waals surface area contributed by atoms with Gasteiger partial charge in [-0.3, -0.25) is 0 Å². The highest BCUT2D eigenvalue weighted by Gasteiger charge is 2.30. The number of halogens is 3. The van der Waals surface area contributed by atoms with E-state index in [1.807, 2.05) is 31.2 Å². The molecule has 0 bridgehead atoms. The molecule has 0 spiro atoms. The molecule has 4 aromatic rings. The molecule has 172 valence electrons. The Hall–Kier alpha value is -3.41. The number of hydrogen-bond donors (Lipinski definition) is 0. The number of alkyl halides is 3. The first-order chi connectivity index (χ1) is 16.0. The van der Waals surface area contributed by atoms with E-state index in [0.717, 1.165) is 17.8 Å². The van der Waals surface area contributed by atoms with Crippen LogP contribution < -0.4 is 4.74 Å². The number of aryl methyl sites for hydroxylation is 1. The van der Waals surface area contributed by atoms with Gasteiger partial charge in [-0.2, -0.15) is 22.8 Å². The highest BCUT2D eigenvalue weighted by Crippen LogP contribution is 2.31. The van der Waals surface area contributed by atoms with Crippen LogP contribution in [-0.4, -0.2) is 42.7 Å². The van der Waals surface area contributed by atoms with E-state index in [2.05, 4.69) is 25.7 Å². The van der Waals surface area contributed by atoms with Crippen molar-refractivity contribution in [3.8, 4) is 22.8 Å². The average molecular weight is 476 g/mol. The van der Waals surface area contributed by atoms with Crippen molar-refractivity contribution in [2.24, 2.45) is 0 Å². The predicted molar refractivity (Wildman–Crippen MR) is 114 cm³/mol. The van der Waals surface area contributed by atoms with Gasteiger partial charge >= 0.3 is 6.18 Å². The Balaban J connectivity index is 1.36. The number of nitrogens with zero attached hydrogens (tertiary/aromatic N) is 6. The molecule has 2 aromatic heterocycles. The zero-order valence-corrected chi connectivity index (χ0v) is 18.3. The highest BCUT2D eigenvalue weighted by atomic mass is 32.2. The summed E-state index contributed by atoms with van der Waals surface area (Å²) >= 11 is 1.46. The van der Waals surface area contributed by atoms with E-state index in [1.54, 1.807) is 4.68 Å². The van der Waals surface area contributed by atoms with E-state index in [9.17, 15) is 13.2 Å². The van der Waals surface area contributed by atoms with Crippen molar-refractivity contribution in [2.45, 2.75) is 31.1 Å². The van der Waals surface area contributed by atoms with Gasteiger partial charge in [-0.05, 0) is 48.0 Å². The molecule has 0 atom stereocenters. The second-order valence-electron chi connectivity index (χ2n) is 6.82. The molecule has 0 amide bonds. The van der Waals surface area contributed by atoms with Crippen LogP contribution in [-0.2, 0) is 12.6 Å². The van der Waals surface area contributed by atoms with Gasteiger partial charge in [0.2, 0.25) is 16.9 Å². The third-order valence-electron chi connectivity index (χ3n) is 4.52. The average Bonchev–Trinajstić information content (AvgIpc) is 3.47. The van der Waals surface area contributed by atoms with Gasteiger partial charge in [0, 0.05) is 17.7 Å². The quantitative estimate of drug-likeness (QED) is 0.250. The Morgan fingerprint density at radius 1 is 1.12 bits per heavy atom. The molecule has 0 aliphatic rings. The van der Waals surface area contributed by atoms with Gasteiger partial charge in [0.05, 0.1) is 12.2 Å². The topological polar surface area (TPSA) is 91.8 Å². The summed E-state index contributed by atoms with van der Waals surface area (Å²) in [5, 5.41) is 16.3. The molecule has 0 saturated heterocycles. The molecule has 0 aliphatic carbocycles. The Morgan fingerprint density at radius 3 is 2.79 bits per heavy atom. The lowest BCUT2D eigenvalue weighted by atomic mass is 10.1. The lowest BCUT2D eigenvalue weighted by Crippen LogP contribution is -2.04. The van der Waals surface area contributed by atoms with Crippen LogP contribution in [0.2, 0.25) is 0 Å². The molecule has 0 N–H and O–H groups in total. The Labute approximate surface area is 191 Å². The summed E-state index contributed by atoms with van der Waals surface area (Å²) in [6, 6.07) is 12.3. The van der Waals surface area contributed by atoms with E-state index < -0.39 is 11.7 Å². The molecule has 12 heteroatoms.